The summed E-state index contributed by atoms with van der Waals surface area (Å²) >= 11 is 0. The third kappa shape index (κ3) is 3.87. The van der Waals surface area contributed by atoms with Crippen LogP contribution in [0.25, 0.3) is 0 Å². The van der Waals surface area contributed by atoms with Crippen molar-refractivity contribution in [2.75, 3.05) is 11.9 Å². The third-order valence-corrected chi connectivity index (χ3v) is 4.40. The highest BCUT2D eigenvalue weighted by Crippen LogP contribution is 2.22. The summed E-state index contributed by atoms with van der Waals surface area (Å²) in [7, 11) is 0. The molecular formula is C20H21FN2O2. The molecule has 0 saturated carbocycles. The van der Waals surface area contributed by atoms with Crippen molar-refractivity contribution in [2.45, 2.75) is 32.7 Å². The maximum atomic E-state index is 13.1. The number of rotatable bonds is 3. The maximum Gasteiger partial charge on any atom is 0.254 e. The van der Waals surface area contributed by atoms with E-state index < -0.39 is 6.04 Å². The Hall–Kier alpha value is -2.69. The molecule has 2 amide bonds. The Morgan fingerprint density at radius 2 is 1.72 bits per heavy atom. The number of hydrogen-bond acceptors (Lipinski definition) is 2. The predicted octanol–water partition coefficient (Wildman–Crippen LogP) is 3.69. The van der Waals surface area contributed by atoms with Gasteiger partial charge in [0.25, 0.3) is 5.91 Å². The summed E-state index contributed by atoms with van der Waals surface area (Å²) in [6.45, 7) is 4.48. The number of amides is 2. The number of anilines is 1. The van der Waals surface area contributed by atoms with Crippen molar-refractivity contribution in [2.24, 2.45) is 0 Å². The van der Waals surface area contributed by atoms with Crippen molar-refractivity contribution < 1.29 is 14.0 Å². The van der Waals surface area contributed by atoms with Crippen molar-refractivity contribution in [1.82, 2.24) is 4.90 Å². The van der Waals surface area contributed by atoms with E-state index in [0.717, 1.165) is 23.2 Å². The van der Waals surface area contributed by atoms with E-state index in [1.165, 1.54) is 24.3 Å². The van der Waals surface area contributed by atoms with E-state index in [2.05, 4.69) is 5.32 Å². The standard InChI is InChI=1S/C20H21FN2O2/c1-13-10-14(2)12-17(11-13)22-19(24)18-4-3-9-23(18)20(25)15-5-7-16(21)8-6-15/h5-8,10-12,18H,3-4,9H2,1-2H3,(H,22,24). The van der Waals surface area contributed by atoms with Gasteiger partial charge < -0.3 is 10.2 Å². The van der Waals surface area contributed by atoms with E-state index in [9.17, 15) is 14.0 Å². The molecule has 1 fully saturated rings. The summed E-state index contributed by atoms with van der Waals surface area (Å²) in [5.41, 5.74) is 3.28. The zero-order valence-electron chi connectivity index (χ0n) is 14.4. The lowest BCUT2D eigenvalue weighted by molar-refractivity contribution is -0.119. The summed E-state index contributed by atoms with van der Waals surface area (Å²) in [5.74, 6) is -0.807. The zero-order valence-corrected chi connectivity index (χ0v) is 14.4. The molecule has 2 aromatic rings. The molecule has 0 aromatic heterocycles. The normalized spacial score (nSPS) is 16.8. The first kappa shape index (κ1) is 17.1. The third-order valence-electron chi connectivity index (χ3n) is 4.40. The fourth-order valence-electron chi connectivity index (χ4n) is 3.31. The fourth-order valence-corrected chi connectivity index (χ4v) is 3.31. The molecule has 0 aliphatic carbocycles. The van der Waals surface area contributed by atoms with Crippen molar-refractivity contribution in [3.8, 4) is 0 Å². The molecule has 0 radical (unpaired) electrons. The van der Waals surface area contributed by atoms with Gasteiger partial charge >= 0.3 is 0 Å². The van der Waals surface area contributed by atoms with E-state index in [0.29, 0.717) is 18.5 Å². The molecule has 130 valence electrons. The van der Waals surface area contributed by atoms with E-state index in [1.54, 1.807) is 4.90 Å². The molecule has 0 bridgehead atoms. The highest BCUT2D eigenvalue weighted by molar-refractivity contribution is 6.01. The summed E-state index contributed by atoms with van der Waals surface area (Å²) in [5, 5.41) is 2.92. The summed E-state index contributed by atoms with van der Waals surface area (Å²) in [6, 6.07) is 10.8. The lowest BCUT2D eigenvalue weighted by atomic mass is 10.1. The molecule has 1 heterocycles. The topological polar surface area (TPSA) is 49.4 Å². The quantitative estimate of drug-likeness (QED) is 0.926. The first-order valence-electron chi connectivity index (χ1n) is 8.40. The van der Waals surface area contributed by atoms with Gasteiger partial charge in [-0.1, -0.05) is 6.07 Å². The Kier molecular flexibility index (Phi) is 4.83. The molecule has 1 atom stereocenters. The van der Waals surface area contributed by atoms with Gasteiger partial charge in [-0.05, 0) is 74.2 Å². The number of halogens is 1. The number of carbonyl (C=O) groups is 2. The Bertz CT molecular complexity index is 782. The van der Waals surface area contributed by atoms with Gasteiger partial charge in [0, 0.05) is 17.8 Å². The van der Waals surface area contributed by atoms with Crippen LogP contribution in [-0.2, 0) is 4.79 Å². The lowest BCUT2D eigenvalue weighted by Crippen LogP contribution is -2.43. The van der Waals surface area contributed by atoms with E-state index >= 15 is 0 Å². The van der Waals surface area contributed by atoms with Crippen LogP contribution in [0, 0.1) is 19.7 Å². The number of hydrogen-bond donors (Lipinski definition) is 1. The van der Waals surface area contributed by atoms with Gasteiger partial charge in [0.15, 0.2) is 0 Å². The van der Waals surface area contributed by atoms with Crippen LogP contribution in [-0.4, -0.2) is 29.3 Å². The van der Waals surface area contributed by atoms with Crippen LogP contribution < -0.4 is 5.32 Å². The highest BCUT2D eigenvalue weighted by Gasteiger charge is 2.34. The molecule has 0 spiro atoms. The van der Waals surface area contributed by atoms with Gasteiger partial charge in [-0.15, -0.1) is 0 Å². The number of aryl methyl sites for hydroxylation is 2. The largest absolute Gasteiger partial charge is 0.327 e. The minimum atomic E-state index is -0.502. The monoisotopic (exact) mass is 340 g/mol. The molecule has 1 aliphatic heterocycles. The van der Waals surface area contributed by atoms with Gasteiger partial charge in [0.1, 0.15) is 11.9 Å². The Morgan fingerprint density at radius 1 is 1.08 bits per heavy atom. The van der Waals surface area contributed by atoms with Crippen molar-refractivity contribution in [1.29, 1.82) is 0 Å². The van der Waals surface area contributed by atoms with Crippen LogP contribution in [0.15, 0.2) is 42.5 Å². The first-order valence-corrected chi connectivity index (χ1v) is 8.40. The van der Waals surface area contributed by atoms with Crippen molar-refractivity contribution in [3.05, 3.63) is 65.0 Å². The summed E-state index contributed by atoms with van der Waals surface area (Å²) in [6.07, 6.45) is 1.40. The number of nitrogens with one attached hydrogen (secondary N) is 1. The average Bonchev–Trinajstić information content (AvgIpc) is 3.03. The second kappa shape index (κ2) is 7.05. The molecular weight excluding hydrogens is 319 g/mol. The average molecular weight is 340 g/mol. The molecule has 5 heteroatoms. The molecule has 4 nitrogen and oxygen atoms in total. The molecule has 2 aromatic carbocycles. The first-order chi connectivity index (χ1) is 11.9. The van der Waals surface area contributed by atoms with Gasteiger partial charge in [0.2, 0.25) is 5.91 Å². The van der Waals surface area contributed by atoms with Gasteiger partial charge in [-0.2, -0.15) is 0 Å². The number of carbonyl (C=O) groups excluding carboxylic acids is 2. The second-order valence-electron chi connectivity index (χ2n) is 6.53. The second-order valence-corrected chi connectivity index (χ2v) is 6.53. The van der Waals surface area contributed by atoms with Crippen LogP contribution >= 0.6 is 0 Å². The van der Waals surface area contributed by atoms with E-state index in [4.69, 9.17) is 0 Å². The van der Waals surface area contributed by atoms with Crippen LogP contribution in [0.4, 0.5) is 10.1 Å². The molecule has 1 unspecified atom stereocenters. The number of nitrogens with zero attached hydrogens (tertiary/aromatic N) is 1. The summed E-state index contributed by atoms with van der Waals surface area (Å²) in [4.78, 5) is 26.9. The van der Waals surface area contributed by atoms with Crippen LogP contribution in [0.1, 0.15) is 34.3 Å². The van der Waals surface area contributed by atoms with Gasteiger partial charge in [-0.25, -0.2) is 4.39 Å². The number of likely N-dealkylation sites (tertiary alicyclic amines) is 1. The van der Waals surface area contributed by atoms with Gasteiger partial charge in [-0.3, -0.25) is 9.59 Å². The van der Waals surface area contributed by atoms with E-state index in [1.807, 2.05) is 32.0 Å². The minimum absolute atomic E-state index is 0.182. The fraction of sp³-hybridized carbons (Fsp3) is 0.300. The van der Waals surface area contributed by atoms with Crippen LogP contribution in [0.3, 0.4) is 0 Å². The Morgan fingerprint density at radius 3 is 2.36 bits per heavy atom. The molecule has 25 heavy (non-hydrogen) atoms. The Balaban J connectivity index is 1.75. The summed E-state index contributed by atoms with van der Waals surface area (Å²) < 4.78 is 13.1. The molecule has 3 rings (SSSR count). The SMILES string of the molecule is Cc1cc(C)cc(NC(=O)C2CCCN2C(=O)c2ccc(F)cc2)c1. The maximum absolute atomic E-state index is 13.1. The minimum Gasteiger partial charge on any atom is -0.327 e. The molecule has 1 N–H and O–H groups in total. The van der Waals surface area contributed by atoms with Crippen LogP contribution in [0.2, 0.25) is 0 Å². The highest BCUT2D eigenvalue weighted by atomic mass is 19.1. The predicted molar refractivity (Wildman–Crippen MR) is 95.0 cm³/mol. The van der Waals surface area contributed by atoms with E-state index in [-0.39, 0.29) is 17.6 Å². The van der Waals surface area contributed by atoms with Gasteiger partial charge in [0.05, 0.1) is 0 Å². The van der Waals surface area contributed by atoms with Crippen LogP contribution in [0.5, 0.6) is 0 Å². The Labute approximate surface area is 146 Å². The zero-order chi connectivity index (χ0) is 18.0. The number of benzene rings is 2. The smallest absolute Gasteiger partial charge is 0.254 e. The molecule has 1 saturated heterocycles. The lowest BCUT2D eigenvalue weighted by Gasteiger charge is -2.24. The molecule has 1 aliphatic rings. The van der Waals surface area contributed by atoms with Crippen molar-refractivity contribution in [3.63, 3.8) is 0 Å². The van der Waals surface area contributed by atoms with Crippen molar-refractivity contribution >= 4 is 17.5 Å².